The molecule has 8 heteroatoms. The summed E-state index contributed by atoms with van der Waals surface area (Å²) in [5.74, 6) is -0.793. The van der Waals surface area contributed by atoms with Gasteiger partial charge in [0.25, 0.3) is 0 Å². The van der Waals surface area contributed by atoms with E-state index in [1.807, 2.05) is 16.8 Å². The molecule has 0 N–H and O–H groups in total. The number of carbonyl (C=O) groups excluding carboxylic acids is 3. The average molecular weight is 331 g/mol. The van der Waals surface area contributed by atoms with Crippen LogP contribution >= 0.6 is 11.3 Å². The third-order valence-corrected chi connectivity index (χ3v) is 4.10. The summed E-state index contributed by atoms with van der Waals surface area (Å²) in [5.41, 5.74) is 1.27. The Morgan fingerprint density at radius 3 is 2.70 bits per heavy atom. The first-order valence-corrected chi connectivity index (χ1v) is 7.74. The maximum absolute atomic E-state index is 12.2. The molecule has 1 aliphatic heterocycles. The van der Waals surface area contributed by atoms with Crippen LogP contribution in [-0.2, 0) is 16.1 Å². The number of hydrogen-bond donors (Lipinski definition) is 0. The molecule has 4 amide bonds. The van der Waals surface area contributed by atoms with Gasteiger partial charge < -0.3 is 4.42 Å². The van der Waals surface area contributed by atoms with Crippen LogP contribution < -0.4 is 0 Å². The Morgan fingerprint density at radius 2 is 2.04 bits per heavy atom. The largest absolute Gasteiger partial charge is 0.441 e. The zero-order chi connectivity index (χ0) is 16.6. The molecule has 0 unspecified atom stereocenters. The molecule has 7 nitrogen and oxygen atoms in total. The van der Waals surface area contributed by atoms with Gasteiger partial charge in [0, 0.05) is 17.5 Å². The van der Waals surface area contributed by atoms with Gasteiger partial charge in [0.15, 0.2) is 0 Å². The number of thiophene rings is 1. The molecule has 118 valence electrons. The Morgan fingerprint density at radius 1 is 1.30 bits per heavy atom. The molecule has 0 spiro atoms. The summed E-state index contributed by atoms with van der Waals surface area (Å²) in [5, 5.41) is 3.78. The number of oxazole rings is 1. The molecule has 23 heavy (non-hydrogen) atoms. The van der Waals surface area contributed by atoms with E-state index in [1.165, 1.54) is 17.4 Å². The number of nitrogens with zero attached hydrogens (tertiary/aromatic N) is 3. The van der Waals surface area contributed by atoms with E-state index in [0.717, 1.165) is 15.4 Å². The standard InChI is InChI=1S/C15H13N3O4S/c1-3-5-17-13(19)14(20)18(15(17)21)7-11-9(2)22-12(16-11)10-4-6-23-8-10/h3-4,6,8H,1,5,7H2,2H3. The molecule has 0 bridgehead atoms. The molecular weight excluding hydrogens is 318 g/mol. The lowest BCUT2D eigenvalue weighted by atomic mass is 10.3. The molecule has 0 aromatic carbocycles. The molecule has 2 aromatic rings. The number of aromatic nitrogens is 1. The van der Waals surface area contributed by atoms with Crippen LogP contribution in [0.5, 0.6) is 0 Å². The van der Waals surface area contributed by atoms with Crippen LogP contribution in [0.1, 0.15) is 11.5 Å². The fourth-order valence-corrected chi connectivity index (χ4v) is 2.84. The van der Waals surface area contributed by atoms with Gasteiger partial charge in [-0.1, -0.05) is 6.08 Å². The SMILES string of the molecule is C=CCN1C(=O)C(=O)N(Cc2nc(-c3ccsc3)oc2C)C1=O. The molecule has 3 heterocycles. The summed E-state index contributed by atoms with van der Waals surface area (Å²) in [6.07, 6.45) is 1.39. The summed E-state index contributed by atoms with van der Waals surface area (Å²) in [6, 6.07) is 1.20. The monoisotopic (exact) mass is 331 g/mol. The summed E-state index contributed by atoms with van der Waals surface area (Å²) < 4.78 is 5.57. The third kappa shape index (κ3) is 2.57. The van der Waals surface area contributed by atoms with Gasteiger partial charge in [-0.3, -0.25) is 14.5 Å². The van der Waals surface area contributed by atoms with Crippen LogP contribution in [0, 0.1) is 6.92 Å². The highest BCUT2D eigenvalue weighted by Crippen LogP contribution is 2.25. The number of hydrogen-bond acceptors (Lipinski definition) is 6. The van der Waals surface area contributed by atoms with Gasteiger partial charge in [-0.2, -0.15) is 11.3 Å². The molecule has 2 aromatic heterocycles. The maximum atomic E-state index is 12.2. The molecule has 1 saturated heterocycles. The van der Waals surface area contributed by atoms with Crippen molar-refractivity contribution in [3.63, 3.8) is 0 Å². The molecule has 0 saturated carbocycles. The van der Waals surface area contributed by atoms with Gasteiger partial charge in [-0.15, -0.1) is 6.58 Å². The number of amides is 4. The fraction of sp³-hybridized carbons (Fsp3) is 0.200. The molecule has 0 atom stereocenters. The van der Waals surface area contributed by atoms with E-state index in [1.54, 1.807) is 6.92 Å². The van der Waals surface area contributed by atoms with Crippen LogP contribution in [0.25, 0.3) is 11.5 Å². The Kier molecular flexibility index (Phi) is 3.83. The van der Waals surface area contributed by atoms with Crippen molar-refractivity contribution in [2.45, 2.75) is 13.5 Å². The Bertz CT molecular complexity index is 794. The first-order valence-electron chi connectivity index (χ1n) is 6.80. The quantitative estimate of drug-likeness (QED) is 0.476. The lowest BCUT2D eigenvalue weighted by Crippen LogP contribution is -2.33. The lowest BCUT2D eigenvalue weighted by Gasteiger charge is -2.12. The second kappa shape index (κ2) is 5.81. The number of imide groups is 2. The Hall–Kier alpha value is -2.74. The van der Waals surface area contributed by atoms with Crippen LogP contribution in [0.4, 0.5) is 4.79 Å². The molecule has 3 rings (SSSR count). The molecule has 1 aliphatic rings. The highest BCUT2D eigenvalue weighted by atomic mass is 32.1. The summed E-state index contributed by atoms with van der Waals surface area (Å²) in [6.45, 7) is 5.07. The number of rotatable bonds is 5. The number of aryl methyl sites for hydroxylation is 1. The van der Waals surface area contributed by atoms with Crippen molar-refractivity contribution in [2.75, 3.05) is 6.54 Å². The minimum atomic E-state index is -0.865. The van der Waals surface area contributed by atoms with E-state index in [-0.39, 0.29) is 13.1 Å². The zero-order valence-corrected chi connectivity index (χ0v) is 13.1. The molecule has 0 aliphatic carbocycles. The van der Waals surface area contributed by atoms with Crippen molar-refractivity contribution in [1.82, 2.24) is 14.8 Å². The van der Waals surface area contributed by atoms with Gasteiger partial charge in [0.05, 0.1) is 6.54 Å². The lowest BCUT2D eigenvalue weighted by molar-refractivity contribution is -0.143. The van der Waals surface area contributed by atoms with E-state index in [4.69, 9.17) is 4.42 Å². The smallest absolute Gasteiger partial charge is 0.334 e. The minimum absolute atomic E-state index is 0.00212. The van der Waals surface area contributed by atoms with Gasteiger partial charge in [0.2, 0.25) is 5.89 Å². The van der Waals surface area contributed by atoms with Crippen LogP contribution in [0.2, 0.25) is 0 Å². The van der Waals surface area contributed by atoms with E-state index in [2.05, 4.69) is 11.6 Å². The minimum Gasteiger partial charge on any atom is -0.441 e. The van der Waals surface area contributed by atoms with E-state index in [9.17, 15) is 14.4 Å². The van der Waals surface area contributed by atoms with E-state index in [0.29, 0.717) is 17.3 Å². The van der Waals surface area contributed by atoms with Crippen molar-refractivity contribution in [2.24, 2.45) is 0 Å². The highest BCUT2D eigenvalue weighted by Gasteiger charge is 2.44. The van der Waals surface area contributed by atoms with Crippen molar-refractivity contribution in [3.05, 3.63) is 40.9 Å². The summed E-state index contributed by atoms with van der Waals surface area (Å²) >= 11 is 1.51. The van der Waals surface area contributed by atoms with Crippen molar-refractivity contribution >= 4 is 29.2 Å². The van der Waals surface area contributed by atoms with Crippen molar-refractivity contribution in [3.8, 4) is 11.5 Å². The third-order valence-electron chi connectivity index (χ3n) is 3.42. The molecular formula is C15H13N3O4S. The van der Waals surface area contributed by atoms with Gasteiger partial charge in [-0.05, 0) is 18.4 Å². The second-order valence-electron chi connectivity index (χ2n) is 4.91. The fourth-order valence-electron chi connectivity index (χ4n) is 2.21. The first-order chi connectivity index (χ1) is 11.0. The maximum Gasteiger partial charge on any atom is 0.334 e. The summed E-state index contributed by atoms with van der Waals surface area (Å²) in [4.78, 5) is 42.0. The van der Waals surface area contributed by atoms with Crippen LogP contribution in [0.15, 0.2) is 33.9 Å². The summed E-state index contributed by atoms with van der Waals surface area (Å²) in [7, 11) is 0. The van der Waals surface area contributed by atoms with Crippen molar-refractivity contribution in [1.29, 1.82) is 0 Å². The van der Waals surface area contributed by atoms with E-state index < -0.39 is 17.8 Å². The zero-order valence-electron chi connectivity index (χ0n) is 12.3. The van der Waals surface area contributed by atoms with Gasteiger partial charge in [0.1, 0.15) is 11.5 Å². The average Bonchev–Trinajstić information content (AvgIpc) is 3.21. The van der Waals surface area contributed by atoms with Crippen molar-refractivity contribution < 1.29 is 18.8 Å². The van der Waals surface area contributed by atoms with Gasteiger partial charge >= 0.3 is 17.8 Å². The second-order valence-corrected chi connectivity index (χ2v) is 5.69. The van der Waals surface area contributed by atoms with E-state index >= 15 is 0 Å². The Labute approximate surface area is 135 Å². The number of urea groups is 1. The topological polar surface area (TPSA) is 83.7 Å². The number of carbonyl (C=O) groups is 3. The predicted octanol–water partition coefficient (Wildman–Crippen LogP) is 2.19. The Balaban J connectivity index is 1.85. The van der Waals surface area contributed by atoms with Crippen LogP contribution in [-0.4, -0.2) is 39.2 Å². The molecule has 1 fully saturated rings. The van der Waals surface area contributed by atoms with Crippen LogP contribution in [0.3, 0.4) is 0 Å². The highest BCUT2D eigenvalue weighted by molar-refractivity contribution is 7.08. The normalized spacial score (nSPS) is 14.9. The molecule has 0 radical (unpaired) electrons. The first kappa shape index (κ1) is 15.2. The van der Waals surface area contributed by atoms with Gasteiger partial charge in [-0.25, -0.2) is 14.7 Å². The predicted molar refractivity (Wildman–Crippen MR) is 82.4 cm³/mol.